The maximum atomic E-state index is 5.52. The van der Waals surface area contributed by atoms with E-state index in [2.05, 4.69) is 48.4 Å². The number of pyridine rings is 1. The van der Waals surface area contributed by atoms with E-state index >= 15 is 0 Å². The monoisotopic (exact) mass is 332 g/mol. The van der Waals surface area contributed by atoms with E-state index in [0.29, 0.717) is 5.92 Å². The van der Waals surface area contributed by atoms with Crippen molar-refractivity contribution in [1.82, 2.24) is 4.98 Å². The van der Waals surface area contributed by atoms with Gasteiger partial charge in [-0.25, -0.2) is 0 Å². The van der Waals surface area contributed by atoms with E-state index in [1.54, 1.807) is 6.20 Å². The normalized spacial score (nSPS) is 10.6. The number of nitrogens with zero attached hydrogens (tertiary/aromatic N) is 1. The van der Waals surface area contributed by atoms with Crippen molar-refractivity contribution < 1.29 is 0 Å². The topological polar surface area (TPSA) is 24.9 Å². The second-order valence-electron chi connectivity index (χ2n) is 6.02. The van der Waals surface area contributed by atoms with Gasteiger partial charge in [0.25, 0.3) is 0 Å². The zero-order valence-corrected chi connectivity index (χ0v) is 14.7. The smallest absolute Gasteiger partial charge is 0.110 e. The lowest BCUT2D eigenvalue weighted by molar-refractivity contribution is 0.867. The van der Waals surface area contributed by atoms with Gasteiger partial charge >= 0.3 is 0 Å². The van der Waals surface area contributed by atoms with Gasteiger partial charge in [-0.1, -0.05) is 68.5 Å². The van der Waals surface area contributed by atoms with Crippen molar-refractivity contribution in [2.24, 2.45) is 0 Å². The lowest BCUT2D eigenvalue weighted by Crippen LogP contribution is -2.10. The maximum absolute atomic E-state index is 5.52. The van der Waals surface area contributed by atoms with Crippen molar-refractivity contribution in [3.63, 3.8) is 0 Å². The summed E-state index contributed by atoms with van der Waals surface area (Å²) >= 11 is 5.52. The molecule has 0 unspecified atom stereocenters. The second kappa shape index (κ2) is 7.37. The van der Waals surface area contributed by atoms with E-state index in [1.807, 2.05) is 42.5 Å². The van der Waals surface area contributed by atoms with Crippen LogP contribution in [0.25, 0.3) is 11.3 Å². The van der Waals surface area contributed by atoms with Crippen molar-refractivity contribution in [2.75, 3.05) is 5.32 Å². The van der Waals surface area contributed by atoms with E-state index in [4.69, 9.17) is 12.2 Å². The Kier molecular flexibility index (Phi) is 5.02. The fraction of sp³-hybridized carbons (Fsp3) is 0.143. The molecule has 1 heterocycles. The summed E-state index contributed by atoms with van der Waals surface area (Å²) in [6, 6.07) is 22.5. The van der Waals surface area contributed by atoms with E-state index in [9.17, 15) is 0 Å². The molecule has 0 radical (unpaired) electrons. The highest BCUT2D eigenvalue weighted by molar-refractivity contribution is 7.81. The van der Waals surface area contributed by atoms with Crippen LogP contribution in [-0.2, 0) is 0 Å². The molecule has 0 saturated heterocycles. The Morgan fingerprint density at radius 2 is 1.62 bits per heavy atom. The van der Waals surface area contributed by atoms with Crippen molar-refractivity contribution in [2.45, 2.75) is 19.8 Å². The van der Waals surface area contributed by atoms with E-state index in [1.165, 1.54) is 5.56 Å². The van der Waals surface area contributed by atoms with Crippen LogP contribution < -0.4 is 5.32 Å². The molecule has 0 aliphatic rings. The largest absolute Gasteiger partial charge is 0.346 e. The van der Waals surface area contributed by atoms with Gasteiger partial charge < -0.3 is 5.32 Å². The van der Waals surface area contributed by atoms with Crippen LogP contribution >= 0.6 is 12.2 Å². The number of benzene rings is 2. The van der Waals surface area contributed by atoms with Crippen LogP contribution in [0.15, 0.2) is 72.9 Å². The molecule has 0 fully saturated rings. The molecule has 24 heavy (non-hydrogen) atoms. The number of hydrogen-bond donors (Lipinski definition) is 1. The third-order valence-electron chi connectivity index (χ3n) is 3.94. The van der Waals surface area contributed by atoms with Crippen LogP contribution in [-0.4, -0.2) is 9.97 Å². The second-order valence-corrected chi connectivity index (χ2v) is 6.43. The Hall–Kier alpha value is -2.52. The average molecular weight is 332 g/mol. The summed E-state index contributed by atoms with van der Waals surface area (Å²) in [6.07, 6.45) is 1.80. The first-order valence-electron chi connectivity index (χ1n) is 8.06. The fourth-order valence-electron chi connectivity index (χ4n) is 2.48. The van der Waals surface area contributed by atoms with Crippen LogP contribution in [0.1, 0.15) is 30.9 Å². The quantitative estimate of drug-likeness (QED) is 0.624. The molecule has 3 aromatic rings. The highest BCUT2D eigenvalue weighted by atomic mass is 32.1. The van der Waals surface area contributed by atoms with Crippen LogP contribution in [0.3, 0.4) is 0 Å². The first kappa shape index (κ1) is 16.3. The van der Waals surface area contributed by atoms with Crippen LogP contribution in [0.2, 0.25) is 0 Å². The predicted octanol–water partition coefficient (Wildman–Crippen LogP) is 5.66. The highest BCUT2D eigenvalue weighted by Crippen LogP contribution is 2.20. The van der Waals surface area contributed by atoms with Gasteiger partial charge in [0.05, 0.1) is 5.69 Å². The molecule has 0 saturated carbocycles. The number of aromatic nitrogens is 1. The zero-order chi connectivity index (χ0) is 16.9. The molecule has 0 amide bonds. The third-order valence-corrected chi connectivity index (χ3v) is 4.28. The Bertz CT molecular complexity index is 807. The summed E-state index contributed by atoms with van der Waals surface area (Å²) in [6.45, 7) is 4.38. The van der Waals surface area contributed by atoms with Gasteiger partial charge in [0, 0.05) is 23.0 Å². The molecule has 0 bridgehead atoms. The average Bonchev–Trinajstić information content (AvgIpc) is 2.63. The van der Waals surface area contributed by atoms with Gasteiger partial charge in [0.15, 0.2) is 0 Å². The van der Waals surface area contributed by atoms with Crippen LogP contribution in [0, 0.1) is 0 Å². The lowest BCUT2D eigenvalue weighted by Gasteiger charge is -2.11. The zero-order valence-electron chi connectivity index (χ0n) is 13.9. The first-order chi connectivity index (χ1) is 11.6. The van der Waals surface area contributed by atoms with Crippen molar-refractivity contribution >= 4 is 22.9 Å². The van der Waals surface area contributed by atoms with Gasteiger partial charge in [0.2, 0.25) is 0 Å². The van der Waals surface area contributed by atoms with Crippen LogP contribution in [0.5, 0.6) is 0 Å². The highest BCUT2D eigenvalue weighted by Gasteiger charge is 2.04. The summed E-state index contributed by atoms with van der Waals surface area (Å²) < 4.78 is 0. The van der Waals surface area contributed by atoms with E-state index in [0.717, 1.165) is 27.5 Å². The SMILES string of the molecule is CC(C)c1ccc(NC(=S)c2ccc(-c3ccccn3)cc2)cc1. The maximum Gasteiger partial charge on any atom is 0.110 e. The predicted molar refractivity (Wildman–Crippen MR) is 106 cm³/mol. The van der Waals surface area contributed by atoms with Gasteiger partial charge in [-0.2, -0.15) is 0 Å². The molecule has 3 rings (SSSR count). The first-order valence-corrected chi connectivity index (χ1v) is 8.47. The number of hydrogen-bond acceptors (Lipinski definition) is 2. The minimum absolute atomic E-state index is 0.533. The molecule has 0 aliphatic heterocycles. The van der Waals surface area contributed by atoms with Gasteiger partial charge in [-0.15, -0.1) is 0 Å². The number of anilines is 1. The molecule has 1 aromatic heterocycles. The van der Waals surface area contributed by atoms with Crippen molar-refractivity contribution in [1.29, 1.82) is 0 Å². The Labute approximate surface area is 148 Å². The lowest BCUT2D eigenvalue weighted by atomic mass is 10.0. The summed E-state index contributed by atoms with van der Waals surface area (Å²) in [4.78, 5) is 5.09. The molecule has 120 valence electrons. The molecule has 0 atom stereocenters. The number of rotatable bonds is 4. The Morgan fingerprint density at radius 3 is 2.21 bits per heavy atom. The summed E-state index contributed by atoms with van der Waals surface area (Å²) in [5.41, 5.74) is 5.39. The summed E-state index contributed by atoms with van der Waals surface area (Å²) in [5, 5.41) is 3.30. The Morgan fingerprint density at radius 1 is 0.917 bits per heavy atom. The molecule has 0 spiro atoms. The molecule has 3 heteroatoms. The van der Waals surface area contributed by atoms with Crippen molar-refractivity contribution in [3.8, 4) is 11.3 Å². The summed E-state index contributed by atoms with van der Waals surface area (Å²) in [7, 11) is 0. The van der Waals surface area contributed by atoms with Gasteiger partial charge in [-0.3, -0.25) is 4.98 Å². The molecule has 0 aliphatic carbocycles. The van der Waals surface area contributed by atoms with Gasteiger partial charge in [-0.05, 0) is 35.7 Å². The standard InChI is InChI=1S/C21H20N2S/c1-15(2)16-10-12-19(13-11-16)23-21(24)18-8-6-17(7-9-18)20-5-3-4-14-22-20/h3-15H,1-2H3,(H,23,24). The molecular formula is C21H20N2S. The fourth-order valence-corrected chi connectivity index (χ4v) is 2.73. The molecule has 2 aromatic carbocycles. The minimum atomic E-state index is 0.533. The van der Waals surface area contributed by atoms with Crippen LogP contribution in [0.4, 0.5) is 5.69 Å². The summed E-state index contributed by atoms with van der Waals surface area (Å²) in [5.74, 6) is 0.533. The minimum Gasteiger partial charge on any atom is -0.346 e. The molecule has 1 N–H and O–H groups in total. The third kappa shape index (κ3) is 3.87. The van der Waals surface area contributed by atoms with E-state index in [-0.39, 0.29) is 0 Å². The van der Waals surface area contributed by atoms with Gasteiger partial charge in [0.1, 0.15) is 4.99 Å². The number of nitrogens with one attached hydrogen (secondary N) is 1. The number of thiocarbonyl (C=S) groups is 1. The van der Waals surface area contributed by atoms with E-state index < -0.39 is 0 Å². The molecular weight excluding hydrogens is 312 g/mol. The Balaban J connectivity index is 1.71. The van der Waals surface area contributed by atoms with Crippen molar-refractivity contribution in [3.05, 3.63) is 84.1 Å². The molecule has 2 nitrogen and oxygen atoms in total.